The number of carbonyl (C=O) groups excluding carboxylic acids is 1. The molecule has 1 heterocycles. The predicted octanol–water partition coefficient (Wildman–Crippen LogP) is 4.24. The molecule has 0 atom stereocenters. The van der Waals surface area contributed by atoms with Gasteiger partial charge in [0.05, 0.1) is 5.57 Å². The van der Waals surface area contributed by atoms with Crippen LogP contribution in [0.2, 0.25) is 0 Å². The van der Waals surface area contributed by atoms with E-state index < -0.39 is 11.7 Å². The standard InChI is InChI=1S/C18H18FNO2/c1-11-8-6-10-20(13(11)3)18(22)16(14(4)21)15-9-5-7-12(2)17(15)19/h5-10,21H,3H2,1-2,4H3/b16-14+. The van der Waals surface area contributed by atoms with E-state index in [-0.39, 0.29) is 16.9 Å². The summed E-state index contributed by atoms with van der Waals surface area (Å²) in [7, 11) is 0. The van der Waals surface area contributed by atoms with Gasteiger partial charge < -0.3 is 5.11 Å². The van der Waals surface area contributed by atoms with E-state index in [0.717, 1.165) is 5.57 Å². The lowest BCUT2D eigenvalue weighted by atomic mass is 9.99. The summed E-state index contributed by atoms with van der Waals surface area (Å²) in [6.07, 6.45) is 5.09. The molecule has 1 aliphatic rings. The lowest BCUT2D eigenvalue weighted by molar-refractivity contribution is -0.121. The number of allylic oxidation sites excluding steroid dienone is 4. The normalized spacial score (nSPS) is 15.5. The highest BCUT2D eigenvalue weighted by Gasteiger charge is 2.26. The molecule has 1 aliphatic heterocycles. The predicted molar refractivity (Wildman–Crippen MR) is 85.2 cm³/mol. The van der Waals surface area contributed by atoms with E-state index in [2.05, 4.69) is 6.58 Å². The van der Waals surface area contributed by atoms with Crippen molar-refractivity contribution in [2.45, 2.75) is 20.8 Å². The first-order valence-electron chi connectivity index (χ1n) is 6.88. The van der Waals surface area contributed by atoms with Crippen molar-refractivity contribution < 1.29 is 14.3 Å². The van der Waals surface area contributed by atoms with Crippen LogP contribution in [0.25, 0.3) is 5.57 Å². The molecule has 0 saturated heterocycles. The summed E-state index contributed by atoms with van der Waals surface area (Å²) in [6, 6.07) is 4.74. The second-order valence-electron chi connectivity index (χ2n) is 5.21. The van der Waals surface area contributed by atoms with E-state index in [9.17, 15) is 14.3 Å². The van der Waals surface area contributed by atoms with E-state index in [1.54, 1.807) is 31.3 Å². The van der Waals surface area contributed by atoms with Crippen LogP contribution in [0, 0.1) is 12.7 Å². The zero-order chi connectivity index (χ0) is 16.4. The zero-order valence-corrected chi connectivity index (χ0v) is 12.9. The number of aliphatic hydroxyl groups is 1. The van der Waals surface area contributed by atoms with Crippen LogP contribution in [0.1, 0.15) is 25.0 Å². The van der Waals surface area contributed by atoms with Gasteiger partial charge in [0, 0.05) is 17.5 Å². The smallest absolute Gasteiger partial charge is 0.266 e. The largest absolute Gasteiger partial charge is 0.512 e. The first kappa shape index (κ1) is 15.8. The van der Waals surface area contributed by atoms with Crippen LogP contribution in [0.4, 0.5) is 4.39 Å². The third-order valence-corrected chi connectivity index (χ3v) is 3.58. The molecule has 3 nitrogen and oxygen atoms in total. The Hall–Kier alpha value is -2.62. The number of nitrogens with zero attached hydrogens (tertiary/aromatic N) is 1. The fraction of sp³-hybridized carbons (Fsp3) is 0.167. The number of benzene rings is 1. The Labute approximate surface area is 129 Å². The average Bonchev–Trinajstić information content (AvgIpc) is 2.46. The molecule has 22 heavy (non-hydrogen) atoms. The van der Waals surface area contributed by atoms with Gasteiger partial charge in [-0.1, -0.05) is 30.9 Å². The summed E-state index contributed by atoms with van der Waals surface area (Å²) in [5, 5.41) is 9.93. The number of hydrogen-bond acceptors (Lipinski definition) is 2. The van der Waals surface area contributed by atoms with Crippen molar-refractivity contribution in [3.8, 4) is 0 Å². The summed E-state index contributed by atoms with van der Waals surface area (Å²) >= 11 is 0. The maximum atomic E-state index is 14.3. The summed E-state index contributed by atoms with van der Waals surface area (Å²) in [6.45, 7) is 8.67. The van der Waals surface area contributed by atoms with E-state index in [1.807, 2.05) is 13.0 Å². The molecule has 114 valence electrons. The van der Waals surface area contributed by atoms with Crippen LogP contribution < -0.4 is 0 Å². The minimum absolute atomic E-state index is 0.0679. The van der Waals surface area contributed by atoms with Gasteiger partial charge in [-0.3, -0.25) is 9.69 Å². The molecule has 1 amide bonds. The summed E-state index contributed by atoms with van der Waals surface area (Å²) < 4.78 is 14.3. The van der Waals surface area contributed by atoms with Crippen molar-refractivity contribution in [1.29, 1.82) is 0 Å². The van der Waals surface area contributed by atoms with E-state index in [0.29, 0.717) is 11.3 Å². The fourth-order valence-electron chi connectivity index (χ4n) is 2.27. The van der Waals surface area contributed by atoms with Gasteiger partial charge in [0.25, 0.3) is 5.91 Å². The molecule has 0 fully saturated rings. The van der Waals surface area contributed by atoms with Crippen molar-refractivity contribution in [3.05, 3.63) is 77.1 Å². The van der Waals surface area contributed by atoms with Crippen molar-refractivity contribution in [3.63, 3.8) is 0 Å². The first-order chi connectivity index (χ1) is 10.3. The number of carbonyl (C=O) groups is 1. The lowest BCUT2D eigenvalue weighted by Gasteiger charge is -2.25. The Kier molecular flexibility index (Phi) is 4.31. The molecule has 4 heteroatoms. The summed E-state index contributed by atoms with van der Waals surface area (Å²) in [5.74, 6) is -1.26. The Morgan fingerprint density at radius 3 is 2.64 bits per heavy atom. The average molecular weight is 299 g/mol. The van der Waals surface area contributed by atoms with Crippen LogP contribution in [0.3, 0.4) is 0 Å². The molecule has 0 saturated carbocycles. The van der Waals surface area contributed by atoms with Gasteiger partial charge in [0.2, 0.25) is 0 Å². The number of aliphatic hydroxyl groups excluding tert-OH is 1. The van der Waals surface area contributed by atoms with E-state index in [1.165, 1.54) is 17.9 Å². The first-order valence-corrected chi connectivity index (χ1v) is 6.88. The van der Waals surface area contributed by atoms with Crippen molar-refractivity contribution in [1.82, 2.24) is 4.90 Å². The second-order valence-corrected chi connectivity index (χ2v) is 5.21. The molecular weight excluding hydrogens is 281 g/mol. The Morgan fingerprint density at radius 1 is 1.32 bits per heavy atom. The van der Waals surface area contributed by atoms with Gasteiger partial charge in [0.15, 0.2) is 0 Å². The van der Waals surface area contributed by atoms with E-state index in [4.69, 9.17) is 0 Å². The maximum Gasteiger partial charge on any atom is 0.266 e. The number of rotatable bonds is 2. The zero-order valence-electron chi connectivity index (χ0n) is 12.9. The van der Waals surface area contributed by atoms with Crippen molar-refractivity contribution >= 4 is 11.5 Å². The molecule has 0 aliphatic carbocycles. The van der Waals surface area contributed by atoms with Crippen LogP contribution in [-0.4, -0.2) is 15.9 Å². The molecule has 0 unspecified atom stereocenters. The Balaban J connectivity index is 2.51. The SMILES string of the molecule is C=C1C(C)=CC=CN1C(=O)/C(=C(\C)O)c1cccc(C)c1F. The van der Waals surface area contributed by atoms with Crippen LogP contribution in [0.5, 0.6) is 0 Å². The second kappa shape index (κ2) is 6.02. The van der Waals surface area contributed by atoms with Crippen molar-refractivity contribution in [2.75, 3.05) is 0 Å². The third-order valence-electron chi connectivity index (χ3n) is 3.58. The van der Waals surface area contributed by atoms with Gasteiger partial charge in [0.1, 0.15) is 11.6 Å². The topological polar surface area (TPSA) is 40.5 Å². The van der Waals surface area contributed by atoms with Gasteiger partial charge in [-0.2, -0.15) is 0 Å². The molecule has 0 aromatic heterocycles. The molecular formula is C18H18FNO2. The fourth-order valence-corrected chi connectivity index (χ4v) is 2.27. The minimum Gasteiger partial charge on any atom is -0.512 e. The van der Waals surface area contributed by atoms with Crippen LogP contribution in [0.15, 0.2) is 60.2 Å². The highest BCUT2D eigenvalue weighted by atomic mass is 19.1. The Bertz CT molecular complexity index is 737. The molecule has 0 radical (unpaired) electrons. The van der Waals surface area contributed by atoms with Gasteiger partial charge >= 0.3 is 0 Å². The van der Waals surface area contributed by atoms with Crippen LogP contribution in [-0.2, 0) is 4.79 Å². The van der Waals surface area contributed by atoms with Gasteiger partial charge in [-0.25, -0.2) is 4.39 Å². The third kappa shape index (κ3) is 2.72. The molecule has 0 spiro atoms. The molecule has 1 N–H and O–H groups in total. The molecule has 1 aromatic carbocycles. The molecule has 0 bridgehead atoms. The summed E-state index contributed by atoms with van der Waals surface area (Å²) in [4.78, 5) is 14.1. The van der Waals surface area contributed by atoms with Crippen LogP contribution >= 0.6 is 0 Å². The van der Waals surface area contributed by atoms with Gasteiger partial charge in [-0.15, -0.1) is 0 Å². The molecule has 1 aromatic rings. The summed E-state index contributed by atoms with van der Waals surface area (Å²) in [5.41, 5.74) is 1.75. The van der Waals surface area contributed by atoms with Gasteiger partial charge in [-0.05, 0) is 38.0 Å². The number of amides is 1. The highest BCUT2D eigenvalue weighted by Crippen LogP contribution is 2.28. The number of halogens is 1. The quantitative estimate of drug-likeness (QED) is 0.655. The minimum atomic E-state index is -0.516. The lowest BCUT2D eigenvalue weighted by Crippen LogP contribution is -2.28. The Morgan fingerprint density at radius 2 is 2.00 bits per heavy atom. The number of hydrogen-bond donors (Lipinski definition) is 1. The monoisotopic (exact) mass is 299 g/mol. The number of aryl methyl sites for hydroxylation is 1. The highest BCUT2D eigenvalue weighted by molar-refractivity contribution is 6.21. The van der Waals surface area contributed by atoms with E-state index >= 15 is 0 Å². The van der Waals surface area contributed by atoms with Crippen molar-refractivity contribution in [2.24, 2.45) is 0 Å². The molecule has 2 rings (SSSR count). The maximum absolute atomic E-state index is 14.3.